The number of aryl methyl sites for hydroxylation is 1. The van der Waals surface area contributed by atoms with Crippen LogP contribution in [0.5, 0.6) is 5.75 Å². The lowest BCUT2D eigenvalue weighted by Crippen LogP contribution is -2.53. The minimum Gasteiger partial charge on any atom is -0.484 e. The molecule has 3 rings (SSSR count). The molecule has 1 saturated carbocycles. The summed E-state index contributed by atoms with van der Waals surface area (Å²) in [7, 11) is 0. The van der Waals surface area contributed by atoms with E-state index >= 15 is 0 Å². The Morgan fingerprint density at radius 3 is 2.71 bits per heavy atom. The Bertz CT molecular complexity index is 521. The predicted octanol–water partition coefficient (Wildman–Crippen LogP) is 2.14. The lowest BCUT2D eigenvalue weighted by Gasteiger charge is -2.51. The van der Waals surface area contributed by atoms with Crippen LogP contribution < -0.4 is 4.74 Å². The van der Waals surface area contributed by atoms with Gasteiger partial charge in [-0.1, -0.05) is 12.1 Å². The van der Waals surface area contributed by atoms with Gasteiger partial charge in [0.15, 0.2) is 6.61 Å². The van der Waals surface area contributed by atoms with Gasteiger partial charge in [0.2, 0.25) is 0 Å². The van der Waals surface area contributed by atoms with Crippen molar-refractivity contribution < 1.29 is 14.6 Å². The second-order valence-electron chi connectivity index (χ2n) is 6.40. The van der Waals surface area contributed by atoms with Crippen molar-refractivity contribution in [3.63, 3.8) is 0 Å². The molecule has 1 amide bonds. The highest BCUT2D eigenvalue weighted by Crippen LogP contribution is 2.48. The van der Waals surface area contributed by atoms with Gasteiger partial charge in [0.1, 0.15) is 5.75 Å². The summed E-state index contributed by atoms with van der Waals surface area (Å²) in [6.07, 6.45) is 3.72. The summed E-state index contributed by atoms with van der Waals surface area (Å²) in [5.74, 6) is 0.784. The van der Waals surface area contributed by atoms with Gasteiger partial charge in [0.25, 0.3) is 5.91 Å². The summed E-state index contributed by atoms with van der Waals surface area (Å²) in [4.78, 5) is 14.1. The predicted molar refractivity (Wildman–Crippen MR) is 80.2 cm³/mol. The third-order valence-corrected chi connectivity index (χ3v) is 5.09. The van der Waals surface area contributed by atoms with Gasteiger partial charge in [-0.15, -0.1) is 0 Å². The molecule has 0 radical (unpaired) electrons. The number of carbonyl (C=O) groups is 1. The van der Waals surface area contributed by atoms with E-state index in [0.29, 0.717) is 0 Å². The molecule has 1 spiro atoms. The molecule has 1 aromatic carbocycles. The van der Waals surface area contributed by atoms with Crippen LogP contribution in [0.4, 0.5) is 0 Å². The molecule has 1 atom stereocenters. The number of aliphatic hydroxyl groups is 1. The summed E-state index contributed by atoms with van der Waals surface area (Å²) in [6.45, 7) is 3.59. The molecule has 1 saturated heterocycles. The first-order valence-electron chi connectivity index (χ1n) is 7.74. The van der Waals surface area contributed by atoms with Crippen molar-refractivity contribution in [3.05, 3.63) is 29.8 Å². The molecule has 21 heavy (non-hydrogen) atoms. The van der Waals surface area contributed by atoms with Gasteiger partial charge in [-0.05, 0) is 55.7 Å². The second kappa shape index (κ2) is 5.68. The van der Waals surface area contributed by atoms with Crippen LogP contribution in [0.1, 0.15) is 31.2 Å². The fourth-order valence-electron chi connectivity index (χ4n) is 3.41. The highest BCUT2D eigenvalue weighted by Gasteiger charge is 2.47. The summed E-state index contributed by atoms with van der Waals surface area (Å²) in [5, 5.41) is 9.90. The molecular formula is C17H23NO3. The lowest BCUT2D eigenvalue weighted by molar-refractivity contribution is -0.143. The molecule has 1 N–H and O–H groups in total. The fourth-order valence-corrected chi connectivity index (χ4v) is 3.41. The molecule has 1 aliphatic carbocycles. The van der Waals surface area contributed by atoms with Crippen LogP contribution in [0.25, 0.3) is 0 Å². The first-order valence-corrected chi connectivity index (χ1v) is 7.74. The van der Waals surface area contributed by atoms with Crippen molar-refractivity contribution in [2.45, 2.75) is 38.7 Å². The number of nitrogens with zero attached hydrogens (tertiary/aromatic N) is 1. The van der Waals surface area contributed by atoms with E-state index in [1.165, 1.54) is 0 Å². The van der Waals surface area contributed by atoms with E-state index < -0.39 is 0 Å². The lowest BCUT2D eigenvalue weighted by atomic mass is 9.61. The highest BCUT2D eigenvalue weighted by molar-refractivity contribution is 5.77. The second-order valence-corrected chi connectivity index (χ2v) is 6.40. The third kappa shape index (κ3) is 2.91. The van der Waals surface area contributed by atoms with Crippen LogP contribution in [0.2, 0.25) is 0 Å². The van der Waals surface area contributed by atoms with Crippen molar-refractivity contribution in [1.82, 2.24) is 4.90 Å². The zero-order chi connectivity index (χ0) is 14.9. The molecule has 1 aromatic rings. The highest BCUT2D eigenvalue weighted by atomic mass is 16.5. The van der Waals surface area contributed by atoms with Crippen molar-refractivity contribution in [1.29, 1.82) is 0 Å². The van der Waals surface area contributed by atoms with Crippen LogP contribution in [0, 0.1) is 12.3 Å². The molecule has 1 heterocycles. The molecule has 0 aromatic heterocycles. The topological polar surface area (TPSA) is 49.8 Å². The standard InChI is InChI=1S/C17H23NO3/c1-13-3-2-4-14(11-13)21-12-16(20)18-9-7-17(8-10-18)6-5-15(17)19/h2-4,11,15,19H,5-10,12H2,1H3. The number of amides is 1. The average Bonchev–Trinajstić information content (AvgIpc) is 2.51. The minimum atomic E-state index is -0.154. The summed E-state index contributed by atoms with van der Waals surface area (Å²) in [6, 6.07) is 7.74. The van der Waals surface area contributed by atoms with E-state index in [1.807, 2.05) is 36.1 Å². The first kappa shape index (κ1) is 14.4. The van der Waals surface area contributed by atoms with Gasteiger partial charge >= 0.3 is 0 Å². The quantitative estimate of drug-likeness (QED) is 0.927. The molecule has 1 aliphatic heterocycles. The van der Waals surface area contributed by atoms with E-state index in [0.717, 1.165) is 50.1 Å². The van der Waals surface area contributed by atoms with Crippen LogP contribution >= 0.6 is 0 Å². The van der Waals surface area contributed by atoms with E-state index in [-0.39, 0.29) is 24.0 Å². The number of hydrogen-bond donors (Lipinski definition) is 1. The van der Waals surface area contributed by atoms with Gasteiger partial charge in [-0.3, -0.25) is 4.79 Å². The Kier molecular flexibility index (Phi) is 3.89. The SMILES string of the molecule is Cc1cccc(OCC(=O)N2CCC3(CCC3O)CC2)c1. The Morgan fingerprint density at radius 2 is 2.14 bits per heavy atom. The van der Waals surface area contributed by atoms with E-state index in [2.05, 4.69) is 0 Å². The molecule has 1 unspecified atom stereocenters. The van der Waals surface area contributed by atoms with Crippen molar-refractivity contribution in [2.75, 3.05) is 19.7 Å². The Balaban J connectivity index is 1.48. The molecule has 114 valence electrons. The van der Waals surface area contributed by atoms with Crippen LogP contribution in [0.15, 0.2) is 24.3 Å². The number of carbonyl (C=O) groups excluding carboxylic acids is 1. The molecule has 4 nitrogen and oxygen atoms in total. The number of hydrogen-bond acceptors (Lipinski definition) is 3. The third-order valence-electron chi connectivity index (χ3n) is 5.09. The number of rotatable bonds is 3. The molecule has 4 heteroatoms. The summed E-state index contributed by atoms with van der Waals surface area (Å²) >= 11 is 0. The Morgan fingerprint density at radius 1 is 1.38 bits per heavy atom. The largest absolute Gasteiger partial charge is 0.484 e. The number of benzene rings is 1. The number of aliphatic hydroxyl groups excluding tert-OH is 1. The Labute approximate surface area is 125 Å². The normalized spacial score (nSPS) is 23.7. The number of piperidine rings is 1. The van der Waals surface area contributed by atoms with Crippen LogP contribution in [-0.4, -0.2) is 41.7 Å². The fraction of sp³-hybridized carbons (Fsp3) is 0.588. The Hall–Kier alpha value is -1.55. The van der Waals surface area contributed by atoms with Gasteiger partial charge < -0.3 is 14.7 Å². The maximum Gasteiger partial charge on any atom is 0.260 e. The van der Waals surface area contributed by atoms with E-state index in [9.17, 15) is 9.90 Å². The zero-order valence-electron chi connectivity index (χ0n) is 12.5. The molecular weight excluding hydrogens is 266 g/mol. The monoisotopic (exact) mass is 289 g/mol. The van der Waals surface area contributed by atoms with E-state index in [4.69, 9.17) is 4.74 Å². The van der Waals surface area contributed by atoms with Crippen LogP contribution in [0.3, 0.4) is 0 Å². The van der Waals surface area contributed by atoms with Crippen molar-refractivity contribution in [3.8, 4) is 5.75 Å². The van der Waals surface area contributed by atoms with Crippen molar-refractivity contribution in [2.24, 2.45) is 5.41 Å². The van der Waals surface area contributed by atoms with E-state index in [1.54, 1.807) is 0 Å². The number of likely N-dealkylation sites (tertiary alicyclic amines) is 1. The van der Waals surface area contributed by atoms with Gasteiger partial charge in [-0.25, -0.2) is 0 Å². The van der Waals surface area contributed by atoms with Crippen molar-refractivity contribution >= 4 is 5.91 Å². The summed E-state index contributed by atoms with van der Waals surface area (Å²) in [5.41, 5.74) is 1.23. The molecule has 0 bridgehead atoms. The maximum atomic E-state index is 12.2. The summed E-state index contributed by atoms with van der Waals surface area (Å²) < 4.78 is 5.57. The minimum absolute atomic E-state index is 0.0418. The molecule has 2 fully saturated rings. The van der Waals surface area contributed by atoms with Gasteiger partial charge in [-0.2, -0.15) is 0 Å². The van der Waals surface area contributed by atoms with Crippen LogP contribution in [-0.2, 0) is 4.79 Å². The van der Waals surface area contributed by atoms with Gasteiger partial charge in [0.05, 0.1) is 6.10 Å². The average molecular weight is 289 g/mol. The maximum absolute atomic E-state index is 12.2. The smallest absolute Gasteiger partial charge is 0.260 e. The zero-order valence-corrected chi connectivity index (χ0v) is 12.5. The first-order chi connectivity index (χ1) is 10.1. The van der Waals surface area contributed by atoms with Gasteiger partial charge in [0, 0.05) is 13.1 Å². The number of ether oxygens (including phenoxy) is 1. The molecule has 2 aliphatic rings.